The van der Waals surface area contributed by atoms with Crippen LogP contribution in [0.3, 0.4) is 0 Å². The molecule has 0 spiro atoms. The number of carboxylic acid groups (broad SMARTS) is 1. The molecule has 0 saturated carbocycles. The van der Waals surface area contributed by atoms with Crippen molar-refractivity contribution in [3.63, 3.8) is 0 Å². The van der Waals surface area contributed by atoms with Crippen LogP contribution in [0.4, 0.5) is 0 Å². The molecule has 2 atom stereocenters. The van der Waals surface area contributed by atoms with Gasteiger partial charge < -0.3 is 33.3 Å². The second-order valence-electron chi connectivity index (χ2n) is 17.1. The molecule has 0 aromatic rings. The highest BCUT2D eigenvalue weighted by atomic mass is 16.7. The fraction of sp³-hybridized carbons (Fsp3) is 0.935. The SMILES string of the molecule is CCCCCCCCCCCCCCCCCCCCCCCCCCC(=O)OC(COC(=O)CCCCCCCC)COC(OCC[N+](C)(C)C)C(=O)[O-]. The van der Waals surface area contributed by atoms with Crippen molar-refractivity contribution in [3.05, 3.63) is 0 Å². The van der Waals surface area contributed by atoms with Crippen LogP contribution in [0.2, 0.25) is 0 Å². The Balaban J connectivity index is 4.10. The van der Waals surface area contributed by atoms with Gasteiger partial charge in [0.15, 0.2) is 12.4 Å². The summed E-state index contributed by atoms with van der Waals surface area (Å²) in [5, 5.41) is 11.6. The van der Waals surface area contributed by atoms with Gasteiger partial charge in [0.2, 0.25) is 0 Å². The summed E-state index contributed by atoms with van der Waals surface area (Å²) >= 11 is 0. The Morgan fingerprint density at radius 3 is 1.16 bits per heavy atom. The maximum Gasteiger partial charge on any atom is 0.306 e. The number of hydrogen-bond acceptors (Lipinski definition) is 8. The van der Waals surface area contributed by atoms with Gasteiger partial charge in [0.25, 0.3) is 0 Å². The number of quaternary nitrogens is 1. The minimum absolute atomic E-state index is 0.152. The van der Waals surface area contributed by atoms with E-state index in [1.54, 1.807) is 0 Å². The number of rotatable bonds is 43. The lowest BCUT2D eigenvalue weighted by atomic mass is 10.0. The molecule has 0 rings (SSSR count). The van der Waals surface area contributed by atoms with E-state index in [-0.39, 0.29) is 32.2 Å². The third-order valence-electron chi connectivity index (χ3n) is 10.4. The first kappa shape index (κ1) is 53.3. The average Bonchev–Trinajstić information content (AvgIpc) is 3.14. The van der Waals surface area contributed by atoms with Gasteiger partial charge >= 0.3 is 11.9 Å². The van der Waals surface area contributed by atoms with E-state index < -0.39 is 24.3 Å². The predicted molar refractivity (Wildman–Crippen MR) is 224 cm³/mol. The van der Waals surface area contributed by atoms with Crippen molar-refractivity contribution in [1.82, 2.24) is 0 Å². The van der Waals surface area contributed by atoms with Crippen molar-refractivity contribution < 1.29 is 42.9 Å². The van der Waals surface area contributed by atoms with Crippen LogP contribution in [-0.4, -0.2) is 82.3 Å². The lowest BCUT2D eigenvalue weighted by molar-refractivity contribution is -0.870. The molecule has 9 nitrogen and oxygen atoms in total. The molecule has 0 aromatic heterocycles. The van der Waals surface area contributed by atoms with Crippen LogP contribution >= 0.6 is 0 Å². The van der Waals surface area contributed by atoms with Gasteiger partial charge in [0.1, 0.15) is 13.2 Å². The summed E-state index contributed by atoms with van der Waals surface area (Å²) in [4.78, 5) is 36.7. The molecule has 0 bridgehead atoms. The molecule has 0 aliphatic rings. The highest BCUT2D eigenvalue weighted by Gasteiger charge is 2.21. The first-order valence-electron chi connectivity index (χ1n) is 23.2. The fourth-order valence-corrected chi connectivity index (χ4v) is 6.71. The Kier molecular flexibility index (Phi) is 37.9. The maximum absolute atomic E-state index is 12.7. The molecule has 55 heavy (non-hydrogen) atoms. The largest absolute Gasteiger partial charge is 0.545 e. The minimum Gasteiger partial charge on any atom is -0.545 e. The summed E-state index contributed by atoms with van der Waals surface area (Å²) < 4.78 is 22.4. The van der Waals surface area contributed by atoms with Crippen molar-refractivity contribution in [2.45, 2.75) is 232 Å². The van der Waals surface area contributed by atoms with Crippen LogP contribution in [0.5, 0.6) is 0 Å². The van der Waals surface area contributed by atoms with Crippen LogP contribution in [0.25, 0.3) is 0 Å². The van der Waals surface area contributed by atoms with E-state index in [1.807, 2.05) is 21.1 Å². The van der Waals surface area contributed by atoms with E-state index in [1.165, 1.54) is 148 Å². The number of carboxylic acids is 1. The lowest BCUT2D eigenvalue weighted by Gasteiger charge is -2.26. The summed E-state index contributed by atoms with van der Waals surface area (Å²) in [5.74, 6) is -2.28. The van der Waals surface area contributed by atoms with Gasteiger partial charge in [-0.3, -0.25) is 9.59 Å². The van der Waals surface area contributed by atoms with E-state index in [9.17, 15) is 19.5 Å². The van der Waals surface area contributed by atoms with Crippen molar-refractivity contribution in [2.75, 3.05) is 47.5 Å². The van der Waals surface area contributed by atoms with Crippen molar-refractivity contribution in [3.8, 4) is 0 Å². The molecule has 0 N–H and O–H groups in total. The van der Waals surface area contributed by atoms with Crippen LogP contribution in [0, 0.1) is 0 Å². The lowest BCUT2D eigenvalue weighted by Crippen LogP contribution is -2.44. The molecular weight excluding hydrogens is 695 g/mol. The molecule has 0 radical (unpaired) electrons. The maximum atomic E-state index is 12.7. The number of unbranched alkanes of at least 4 members (excludes halogenated alkanes) is 28. The van der Waals surface area contributed by atoms with Gasteiger partial charge in [0, 0.05) is 12.8 Å². The second-order valence-corrected chi connectivity index (χ2v) is 17.1. The molecule has 0 saturated heterocycles. The first-order chi connectivity index (χ1) is 26.6. The van der Waals surface area contributed by atoms with Gasteiger partial charge in [-0.1, -0.05) is 194 Å². The monoisotopic (exact) mass is 784 g/mol. The van der Waals surface area contributed by atoms with E-state index in [0.29, 0.717) is 17.4 Å². The Morgan fingerprint density at radius 1 is 0.473 bits per heavy atom. The smallest absolute Gasteiger partial charge is 0.306 e. The van der Waals surface area contributed by atoms with E-state index >= 15 is 0 Å². The van der Waals surface area contributed by atoms with Crippen molar-refractivity contribution in [2.24, 2.45) is 0 Å². The van der Waals surface area contributed by atoms with Crippen molar-refractivity contribution in [1.29, 1.82) is 0 Å². The Labute approximate surface area is 339 Å². The molecule has 0 heterocycles. The average molecular weight is 784 g/mol. The number of esters is 2. The van der Waals surface area contributed by atoms with Crippen LogP contribution in [-0.2, 0) is 33.3 Å². The molecule has 0 aliphatic carbocycles. The van der Waals surface area contributed by atoms with Gasteiger partial charge in [0.05, 0.1) is 40.3 Å². The highest BCUT2D eigenvalue weighted by Crippen LogP contribution is 2.16. The van der Waals surface area contributed by atoms with Gasteiger partial charge in [-0.2, -0.15) is 0 Å². The molecule has 0 aliphatic heterocycles. The quantitative estimate of drug-likeness (QED) is 0.0260. The second kappa shape index (κ2) is 39.1. The molecular formula is C46H89NO8. The number of hydrogen-bond donors (Lipinski definition) is 0. The Morgan fingerprint density at radius 2 is 0.818 bits per heavy atom. The third kappa shape index (κ3) is 40.3. The number of likely N-dealkylation sites (N-methyl/N-ethyl adjacent to an activating group) is 1. The van der Waals surface area contributed by atoms with E-state index in [0.717, 1.165) is 44.9 Å². The zero-order valence-corrected chi connectivity index (χ0v) is 36.8. The topological polar surface area (TPSA) is 111 Å². The van der Waals surface area contributed by atoms with Gasteiger partial charge in [-0.05, 0) is 12.8 Å². The summed E-state index contributed by atoms with van der Waals surface area (Å²) in [7, 11) is 5.91. The number of aliphatic carboxylic acids is 1. The summed E-state index contributed by atoms with van der Waals surface area (Å²) in [6.07, 6.45) is 36.1. The minimum atomic E-state index is -1.61. The number of ether oxygens (including phenoxy) is 4. The predicted octanol–water partition coefficient (Wildman–Crippen LogP) is 10.8. The standard InChI is InChI=1S/C46H89NO8/c1-6-8-10-12-14-15-16-17-18-19-20-21-22-23-24-25-26-27-28-29-30-31-33-35-37-44(49)55-42(40-53-43(48)36-34-32-13-11-9-7-2)41-54-46(45(50)51)52-39-38-47(3,4)5/h42,46H,6-41H2,1-5H3. The van der Waals surface area contributed by atoms with Crippen molar-refractivity contribution >= 4 is 17.9 Å². The van der Waals surface area contributed by atoms with Gasteiger partial charge in [-0.25, -0.2) is 0 Å². The summed E-state index contributed by atoms with van der Waals surface area (Å²) in [5.41, 5.74) is 0. The van der Waals surface area contributed by atoms with Crippen LogP contribution in [0.15, 0.2) is 0 Å². The summed E-state index contributed by atoms with van der Waals surface area (Å²) in [6.45, 7) is 4.70. The molecule has 2 unspecified atom stereocenters. The summed E-state index contributed by atoms with van der Waals surface area (Å²) in [6, 6.07) is 0. The molecule has 0 amide bonds. The first-order valence-corrected chi connectivity index (χ1v) is 23.2. The normalized spacial score (nSPS) is 12.8. The zero-order chi connectivity index (χ0) is 40.7. The fourth-order valence-electron chi connectivity index (χ4n) is 6.71. The molecule has 0 fully saturated rings. The third-order valence-corrected chi connectivity index (χ3v) is 10.4. The Bertz CT molecular complexity index is 876. The zero-order valence-electron chi connectivity index (χ0n) is 36.8. The number of carbonyl (C=O) groups is 3. The van der Waals surface area contributed by atoms with Crippen LogP contribution < -0.4 is 5.11 Å². The number of carbonyl (C=O) groups excluding carboxylic acids is 3. The van der Waals surface area contributed by atoms with Gasteiger partial charge in [-0.15, -0.1) is 0 Å². The number of nitrogens with zero attached hydrogens (tertiary/aromatic N) is 1. The van der Waals surface area contributed by atoms with E-state index in [4.69, 9.17) is 18.9 Å². The molecule has 0 aromatic carbocycles. The van der Waals surface area contributed by atoms with E-state index in [2.05, 4.69) is 13.8 Å². The molecule has 9 heteroatoms. The van der Waals surface area contributed by atoms with Crippen LogP contribution in [0.1, 0.15) is 219 Å². The highest BCUT2D eigenvalue weighted by molar-refractivity contribution is 5.70. The Hall–Kier alpha value is -1.71. The molecule has 326 valence electrons.